The van der Waals surface area contributed by atoms with Gasteiger partial charge in [0.15, 0.2) is 0 Å². The maximum Gasteiger partial charge on any atom is 0.119 e. The summed E-state index contributed by atoms with van der Waals surface area (Å²) in [6, 6.07) is 10.8. The molecule has 0 bridgehead atoms. The van der Waals surface area contributed by atoms with Crippen LogP contribution in [0.5, 0.6) is 5.75 Å². The Morgan fingerprint density at radius 2 is 2.13 bits per heavy atom. The first-order valence-corrected chi connectivity index (χ1v) is 5.78. The van der Waals surface area contributed by atoms with Crippen LogP contribution in [0.2, 0.25) is 0 Å². The highest BCUT2D eigenvalue weighted by Crippen LogP contribution is 2.16. The fraction of sp³-hybridized carbons (Fsp3) is 0.538. The van der Waals surface area contributed by atoms with E-state index in [9.17, 15) is 0 Å². The molecule has 2 nitrogen and oxygen atoms in total. The van der Waals surface area contributed by atoms with E-state index in [1.165, 1.54) is 19.4 Å². The normalized spacial score (nSPS) is 21.8. The van der Waals surface area contributed by atoms with Gasteiger partial charge in [-0.2, -0.15) is 0 Å². The molecule has 2 heteroatoms. The van der Waals surface area contributed by atoms with Crippen LogP contribution in [-0.2, 0) is 0 Å². The van der Waals surface area contributed by atoms with Gasteiger partial charge in [-0.15, -0.1) is 0 Å². The minimum absolute atomic E-state index is 0.740. The zero-order valence-electron chi connectivity index (χ0n) is 9.36. The van der Waals surface area contributed by atoms with Crippen LogP contribution in [0.15, 0.2) is 30.3 Å². The number of hydrogen-bond acceptors (Lipinski definition) is 2. The van der Waals surface area contributed by atoms with Crippen molar-refractivity contribution in [3.63, 3.8) is 0 Å². The Morgan fingerprint density at radius 1 is 1.33 bits per heavy atom. The van der Waals surface area contributed by atoms with Gasteiger partial charge >= 0.3 is 0 Å². The Hall–Kier alpha value is -1.02. The maximum atomic E-state index is 5.67. The quantitative estimate of drug-likeness (QED) is 0.749. The molecule has 82 valence electrons. The summed E-state index contributed by atoms with van der Waals surface area (Å²) in [5.41, 5.74) is 0. The van der Waals surface area contributed by atoms with E-state index in [4.69, 9.17) is 4.74 Å². The average Bonchev–Trinajstić information content (AvgIpc) is 2.66. The van der Waals surface area contributed by atoms with Crippen molar-refractivity contribution in [2.45, 2.75) is 25.8 Å². The van der Waals surface area contributed by atoms with Crippen LogP contribution in [0.1, 0.15) is 19.8 Å². The smallest absolute Gasteiger partial charge is 0.119 e. The summed E-state index contributed by atoms with van der Waals surface area (Å²) < 4.78 is 5.67. The van der Waals surface area contributed by atoms with Crippen molar-refractivity contribution >= 4 is 0 Å². The molecule has 1 atom stereocenters. The number of nitrogens with zero attached hydrogens (tertiary/aromatic N) is 1. The van der Waals surface area contributed by atoms with E-state index in [-0.39, 0.29) is 0 Å². The van der Waals surface area contributed by atoms with Gasteiger partial charge in [0.05, 0.1) is 0 Å². The highest BCUT2D eigenvalue weighted by molar-refractivity contribution is 5.20. The first-order chi connectivity index (χ1) is 7.36. The van der Waals surface area contributed by atoms with E-state index in [1.54, 1.807) is 0 Å². The molecular weight excluding hydrogens is 186 g/mol. The van der Waals surface area contributed by atoms with Gasteiger partial charge in [-0.1, -0.05) is 18.2 Å². The van der Waals surface area contributed by atoms with Crippen molar-refractivity contribution in [2.24, 2.45) is 0 Å². The molecule has 1 saturated heterocycles. The lowest BCUT2D eigenvalue weighted by molar-refractivity contribution is 0.204. The molecule has 0 N–H and O–H groups in total. The Morgan fingerprint density at radius 3 is 2.80 bits per heavy atom. The molecule has 1 aliphatic rings. The highest BCUT2D eigenvalue weighted by Gasteiger charge is 2.19. The van der Waals surface area contributed by atoms with Crippen molar-refractivity contribution in [1.82, 2.24) is 4.90 Å². The van der Waals surface area contributed by atoms with Crippen molar-refractivity contribution in [3.8, 4) is 5.75 Å². The number of likely N-dealkylation sites (tertiary alicyclic amines) is 1. The second-order valence-electron chi connectivity index (χ2n) is 4.19. The fourth-order valence-corrected chi connectivity index (χ4v) is 2.12. The van der Waals surface area contributed by atoms with Crippen molar-refractivity contribution in [3.05, 3.63) is 30.3 Å². The van der Waals surface area contributed by atoms with Crippen LogP contribution >= 0.6 is 0 Å². The van der Waals surface area contributed by atoms with Crippen molar-refractivity contribution in [1.29, 1.82) is 0 Å². The van der Waals surface area contributed by atoms with Gasteiger partial charge in [0.2, 0.25) is 0 Å². The molecule has 0 amide bonds. The lowest BCUT2D eigenvalue weighted by Crippen LogP contribution is -2.31. The summed E-state index contributed by atoms with van der Waals surface area (Å²) in [4.78, 5) is 2.50. The largest absolute Gasteiger partial charge is 0.492 e. The van der Waals surface area contributed by atoms with Crippen LogP contribution in [0.4, 0.5) is 0 Å². The van der Waals surface area contributed by atoms with E-state index >= 15 is 0 Å². The van der Waals surface area contributed by atoms with Gasteiger partial charge in [0.1, 0.15) is 12.4 Å². The van der Waals surface area contributed by atoms with Crippen LogP contribution in [-0.4, -0.2) is 30.6 Å². The third-order valence-corrected chi connectivity index (χ3v) is 3.08. The molecule has 1 aliphatic heterocycles. The lowest BCUT2D eigenvalue weighted by Gasteiger charge is -2.20. The molecule has 0 spiro atoms. The Bertz CT molecular complexity index is 286. The van der Waals surface area contributed by atoms with Gasteiger partial charge in [-0.3, -0.25) is 4.90 Å². The minimum atomic E-state index is 0.740. The second kappa shape index (κ2) is 5.17. The summed E-state index contributed by atoms with van der Waals surface area (Å²) in [5, 5.41) is 0. The molecule has 1 aromatic rings. The Kier molecular flexibility index (Phi) is 3.62. The SMILES string of the molecule is C[C@@H]1CCCN1CCOc1ccccc1. The molecule has 0 unspecified atom stereocenters. The predicted octanol–water partition coefficient (Wildman–Crippen LogP) is 2.55. The standard InChI is InChI=1S/C13H19NO/c1-12-6-5-9-14(12)10-11-15-13-7-3-2-4-8-13/h2-4,7-8,12H,5-6,9-11H2,1H3/t12-/m1/s1. The predicted molar refractivity (Wildman–Crippen MR) is 62.2 cm³/mol. The van der Waals surface area contributed by atoms with Gasteiger partial charge in [0.25, 0.3) is 0 Å². The first kappa shape index (κ1) is 10.5. The summed E-state index contributed by atoms with van der Waals surface area (Å²) in [7, 11) is 0. The second-order valence-corrected chi connectivity index (χ2v) is 4.19. The molecule has 0 saturated carbocycles. The molecule has 1 fully saturated rings. The zero-order valence-corrected chi connectivity index (χ0v) is 9.36. The van der Waals surface area contributed by atoms with Crippen molar-refractivity contribution < 1.29 is 4.74 Å². The highest BCUT2D eigenvalue weighted by atomic mass is 16.5. The number of ether oxygens (including phenoxy) is 1. The monoisotopic (exact) mass is 205 g/mol. The molecule has 0 aromatic heterocycles. The van der Waals surface area contributed by atoms with Gasteiger partial charge in [-0.25, -0.2) is 0 Å². The summed E-state index contributed by atoms with van der Waals surface area (Å²) in [6.45, 7) is 5.39. The van der Waals surface area contributed by atoms with Crippen LogP contribution in [0.25, 0.3) is 0 Å². The zero-order chi connectivity index (χ0) is 10.5. The first-order valence-electron chi connectivity index (χ1n) is 5.78. The van der Waals surface area contributed by atoms with E-state index in [2.05, 4.69) is 11.8 Å². The van der Waals surface area contributed by atoms with Crippen LogP contribution < -0.4 is 4.74 Å². The van der Waals surface area contributed by atoms with Crippen LogP contribution in [0.3, 0.4) is 0 Å². The van der Waals surface area contributed by atoms with Gasteiger partial charge in [0, 0.05) is 12.6 Å². The molecule has 1 heterocycles. The summed E-state index contributed by atoms with van der Waals surface area (Å²) in [6.07, 6.45) is 2.68. The number of benzene rings is 1. The molecule has 1 aromatic carbocycles. The topological polar surface area (TPSA) is 12.5 Å². The summed E-state index contributed by atoms with van der Waals surface area (Å²) >= 11 is 0. The minimum Gasteiger partial charge on any atom is -0.492 e. The molecule has 15 heavy (non-hydrogen) atoms. The van der Waals surface area contributed by atoms with E-state index in [0.717, 1.165) is 24.9 Å². The number of rotatable bonds is 4. The molecule has 0 aliphatic carbocycles. The molecule has 2 rings (SSSR count). The number of hydrogen-bond donors (Lipinski definition) is 0. The van der Waals surface area contributed by atoms with E-state index < -0.39 is 0 Å². The Balaban J connectivity index is 1.71. The lowest BCUT2D eigenvalue weighted by atomic mass is 10.2. The number of para-hydroxylation sites is 1. The van der Waals surface area contributed by atoms with Gasteiger partial charge in [-0.05, 0) is 38.4 Å². The fourth-order valence-electron chi connectivity index (χ4n) is 2.12. The maximum absolute atomic E-state index is 5.67. The molecule has 0 radical (unpaired) electrons. The average molecular weight is 205 g/mol. The van der Waals surface area contributed by atoms with Gasteiger partial charge < -0.3 is 4.74 Å². The molecular formula is C13H19NO. The third kappa shape index (κ3) is 2.96. The third-order valence-electron chi connectivity index (χ3n) is 3.08. The Labute approximate surface area is 91.9 Å². The van der Waals surface area contributed by atoms with E-state index in [0.29, 0.717) is 0 Å². The van der Waals surface area contributed by atoms with Crippen molar-refractivity contribution in [2.75, 3.05) is 19.7 Å². The van der Waals surface area contributed by atoms with Crippen LogP contribution in [0, 0.1) is 0 Å². The van der Waals surface area contributed by atoms with E-state index in [1.807, 2.05) is 30.3 Å². The summed E-state index contributed by atoms with van der Waals surface area (Å²) in [5.74, 6) is 0.976.